The van der Waals surface area contributed by atoms with E-state index in [0.29, 0.717) is 30.6 Å². The molecule has 234 valence electrons. The number of carbonyl (C=O) groups is 4. The second-order valence-electron chi connectivity index (χ2n) is 10.4. The number of rotatable bonds is 18. The first-order valence-electron chi connectivity index (χ1n) is 14.6. The molecule has 0 radical (unpaired) electrons. The monoisotopic (exact) mass is 608 g/mol. The van der Waals surface area contributed by atoms with Crippen molar-refractivity contribution in [3.8, 4) is 0 Å². The molecule has 3 rings (SSSR count). The number of ketones is 1. The lowest BCUT2D eigenvalue weighted by Crippen LogP contribution is -2.55. The van der Waals surface area contributed by atoms with E-state index >= 15 is 0 Å². The van der Waals surface area contributed by atoms with Gasteiger partial charge in [0.05, 0.1) is 19.5 Å². The second-order valence-corrected chi connectivity index (χ2v) is 10.4. The molecule has 2 N–H and O–H groups in total. The summed E-state index contributed by atoms with van der Waals surface area (Å²) in [6.07, 6.45) is 2.22. The lowest BCUT2D eigenvalue weighted by molar-refractivity contribution is -0.151. The number of benzene rings is 2. The largest absolute Gasteiger partial charge is 0.481 e. The van der Waals surface area contributed by atoms with E-state index < -0.39 is 36.1 Å². The van der Waals surface area contributed by atoms with Crippen molar-refractivity contribution >= 4 is 23.6 Å². The Bertz CT molecular complexity index is 1370. The topological polar surface area (TPSA) is 120 Å². The van der Waals surface area contributed by atoms with Crippen LogP contribution in [0.5, 0.6) is 0 Å². The molecule has 0 saturated carbocycles. The number of carboxylic acid groups (broad SMARTS) is 1. The number of nitrogens with zero attached hydrogens (tertiary/aromatic N) is 3. The molecule has 44 heavy (non-hydrogen) atoms. The van der Waals surface area contributed by atoms with E-state index in [2.05, 4.69) is 10.3 Å². The van der Waals surface area contributed by atoms with E-state index in [9.17, 15) is 33.1 Å². The Labute approximate surface area is 255 Å². The van der Waals surface area contributed by atoms with Crippen molar-refractivity contribution in [3.63, 3.8) is 0 Å². The molecule has 0 saturated heterocycles. The van der Waals surface area contributed by atoms with Crippen molar-refractivity contribution in [3.05, 3.63) is 101 Å². The smallest absolute Gasteiger partial charge is 0.305 e. The van der Waals surface area contributed by atoms with Crippen LogP contribution in [0.4, 0.5) is 8.78 Å². The van der Waals surface area contributed by atoms with Crippen molar-refractivity contribution in [1.82, 2.24) is 20.1 Å². The van der Waals surface area contributed by atoms with Crippen LogP contribution in [0.3, 0.4) is 0 Å². The molecule has 1 atom stereocenters. The number of halogens is 2. The number of aliphatic carboxylic acids is 1. The normalized spacial score (nSPS) is 11.5. The van der Waals surface area contributed by atoms with E-state index in [1.807, 2.05) is 0 Å². The van der Waals surface area contributed by atoms with Crippen LogP contribution < -0.4 is 5.32 Å². The fraction of sp³-hybridized carbons (Fsp3) is 0.364. The third kappa shape index (κ3) is 11.3. The van der Waals surface area contributed by atoms with Crippen LogP contribution in [-0.2, 0) is 38.4 Å². The molecule has 0 bridgehead atoms. The summed E-state index contributed by atoms with van der Waals surface area (Å²) in [5, 5.41) is 12.8. The minimum atomic E-state index is -1.38. The van der Waals surface area contributed by atoms with Crippen molar-refractivity contribution in [2.75, 3.05) is 32.7 Å². The highest BCUT2D eigenvalue weighted by atomic mass is 19.1. The predicted octanol–water partition coefficient (Wildman–Crippen LogP) is 3.46. The number of hydrogen-bond donors (Lipinski definition) is 2. The summed E-state index contributed by atoms with van der Waals surface area (Å²) in [5.74, 6) is -3.41. The molecule has 1 aromatic heterocycles. The van der Waals surface area contributed by atoms with Gasteiger partial charge in [0.15, 0.2) is 5.78 Å². The molecule has 3 aromatic rings. The number of hydrogen-bond acceptors (Lipinski definition) is 6. The Hall–Kier alpha value is -4.51. The molecule has 9 nitrogen and oxygen atoms in total. The van der Waals surface area contributed by atoms with E-state index in [1.54, 1.807) is 55.6 Å². The van der Waals surface area contributed by atoms with Gasteiger partial charge in [-0.3, -0.25) is 24.2 Å². The number of Topliss-reactive ketones (excluding diaryl/α,β-unsaturated/α-hetero) is 1. The Morgan fingerprint density at radius 1 is 0.864 bits per heavy atom. The second kappa shape index (κ2) is 17.6. The highest BCUT2D eigenvalue weighted by Crippen LogP contribution is 2.14. The molecular formula is C33H38F2N4O5. The summed E-state index contributed by atoms with van der Waals surface area (Å²) in [6.45, 7) is 1.73. The van der Waals surface area contributed by atoms with Gasteiger partial charge in [0.1, 0.15) is 17.7 Å². The van der Waals surface area contributed by atoms with E-state index in [1.165, 1.54) is 34.1 Å². The molecule has 0 aliphatic rings. The van der Waals surface area contributed by atoms with Gasteiger partial charge in [0, 0.05) is 37.8 Å². The predicted molar refractivity (Wildman–Crippen MR) is 161 cm³/mol. The van der Waals surface area contributed by atoms with Crippen molar-refractivity contribution in [1.29, 1.82) is 0 Å². The Balaban J connectivity index is 1.82. The van der Waals surface area contributed by atoms with Crippen LogP contribution in [-0.4, -0.2) is 82.2 Å². The Kier molecular flexibility index (Phi) is 13.6. The van der Waals surface area contributed by atoms with Gasteiger partial charge in [0.2, 0.25) is 11.8 Å². The van der Waals surface area contributed by atoms with Crippen molar-refractivity contribution in [2.24, 2.45) is 0 Å². The standard InChI is InChI=1S/C33H38F2N4O5/c1-2-29(40)23-38(19-16-28-5-3-4-17-37-28)33(44)30(21-32(42)43)39(20-15-25-8-12-27(35)13-9-25)31(41)22-36-18-14-24-6-10-26(34)11-7-24/h3-13,17,30,36H,2,14-16,18-23H2,1H3,(H,42,43). The SMILES string of the molecule is CCC(=O)CN(CCc1ccccn1)C(=O)C(CC(=O)O)N(CCc1ccc(F)cc1)C(=O)CNCCc1ccc(F)cc1. The molecule has 0 spiro atoms. The first-order chi connectivity index (χ1) is 21.2. The van der Waals surface area contributed by atoms with E-state index in [-0.39, 0.29) is 50.6 Å². The minimum Gasteiger partial charge on any atom is -0.481 e. The summed E-state index contributed by atoms with van der Waals surface area (Å²) in [7, 11) is 0. The van der Waals surface area contributed by atoms with Crippen LogP contribution in [0.2, 0.25) is 0 Å². The lowest BCUT2D eigenvalue weighted by Gasteiger charge is -2.34. The zero-order valence-electron chi connectivity index (χ0n) is 24.8. The summed E-state index contributed by atoms with van der Waals surface area (Å²) in [6, 6.07) is 15.7. The average Bonchev–Trinajstić information content (AvgIpc) is 3.02. The fourth-order valence-electron chi connectivity index (χ4n) is 4.63. The van der Waals surface area contributed by atoms with Crippen LogP contribution >= 0.6 is 0 Å². The Morgan fingerprint density at radius 3 is 2.07 bits per heavy atom. The maximum atomic E-state index is 14.0. The number of pyridine rings is 1. The Morgan fingerprint density at radius 2 is 1.50 bits per heavy atom. The maximum Gasteiger partial charge on any atom is 0.305 e. The first-order valence-corrected chi connectivity index (χ1v) is 14.6. The highest BCUT2D eigenvalue weighted by Gasteiger charge is 2.35. The minimum absolute atomic E-state index is 0.0103. The molecule has 2 aromatic carbocycles. The third-order valence-electron chi connectivity index (χ3n) is 7.12. The first kappa shape index (κ1) is 34.0. The van der Waals surface area contributed by atoms with Gasteiger partial charge in [-0.25, -0.2) is 8.78 Å². The van der Waals surface area contributed by atoms with Gasteiger partial charge in [-0.15, -0.1) is 0 Å². The summed E-state index contributed by atoms with van der Waals surface area (Å²) in [5.41, 5.74) is 2.25. The molecule has 0 aliphatic heterocycles. The summed E-state index contributed by atoms with van der Waals surface area (Å²) in [4.78, 5) is 58.9. The quantitative estimate of drug-likeness (QED) is 0.212. The van der Waals surface area contributed by atoms with Gasteiger partial charge in [0.25, 0.3) is 0 Å². The zero-order chi connectivity index (χ0) is 31.9. The van der Waals surface area contributed by atoms with Crippen molar-refractivity contribution in [2.45, 2.75) is 45.1 Å². The molecule has 2 amide bonds. The van der Waals surface area contributed by atoms with Gasteiger partial charge < -0.3 is 20.2 Å². The number of carbonyl (C=O) groups excluding carboxylic acids is 3. The van der Waals surface area contributed by atoms with Crippen LogP contribution in [0.1, 0.15) is 36.6 Å². The third-order valence-corrected chi connectivity index (χ3v) is 7.12. The lowest BCUT2D eigenvalue weighted by atomic mass is 10.1. The molecular weight excluding hydrogens is 570 g/mol. The van der Waals surface area contributed by atoms with Crippen LogP contribution in [0.15, 0.2) is 72.9 Å². The number of amides is 2. The fourth-order valence-corrected chi connectivity index (χ4v) is 4.63. The molecule has 0 fully saturated rings. The van der Waals surface area contributed by atoms with Crippen LogP contribution in [0, 0.1) is 11.6 Å². The molecule has 1 heterocycles. The molecule has 1 unspecified atom stereocenters. The van der Waals surface area contributed by atoms with Crippen molar-refractivity contribution < 1.29 is 33.1 Å². The van der Waals surface area contributed by atoms with Gasteiger partial charge >= 0.3 is 5.97 Å². The zero-order valence-corrected chi connectivity index (χ0v) is 24.8. The van der Waals surface area contributed by atoms with E-state index in [0.717, 1.165) is 5.56 Å². The molecule has 11 heteroatoms. The van der Waals surface area contributed by atoms with Gasteiger partial charge in [-0.2, -0.15) is 0 Å². The summed E-state index contributed by atoms with van der Waals surface area (Å²) < 4.78 is 26.7. The molecule has 0 aliphatic carbocycles. The highest BCUT2D eigenvalue weighted by molar-refractivity contribution is 5.93. The van der Waals surface area contributed by atoms with Gasteiger partial charge in [-0.05, 0) is 66.9 Å². The maximum absolute atomic E-state index is 14.0. The van der Waals surface area contributed by atoms with E-state index in [4.69, 9.17) is 0 Å². The number of carboxylic acids is 1. The van der Waals surface area contributed by atoms with Gasteiger partial charge in [-0.1, -0.05) is 37.3 Å². The van der Waals surface area contributed by atoms with Crippen LogP contribution in [0.25, 0.3) is 0 Å². The average molecular weight is 609 g/mol. The summed E-state index contributed by atoms with van der Waals surface area (Å²) >= 11 is 0. The number of aromatic nitrogens is 1. The number of nitrogens with one attached hydrogen (secondary N) is 1.